The number of aliphatic hydroxyl groups excluding tert-OH is 1. The summed E-state index contributed by atoms with van der Waals surface area (Å²) in [6.07, 6.45) is 2.39. The van der Waals surface area contributed by atoms with Gasteiger partial charge in [-0.1, -0.05) is 0 Å². The SMILES string of the molecule is O=CN1N=CC(O)n2nccc21. The van der Waals surface area contributed by atoms with Crippen molar-refractivity contribution in [2.24, 2.45) is 5.10 Å². The molecule has 62 valence electrons. The largest absolute Gasteiger partial charge is 0.367 e. The molecule has 1 N–H and O–H groups in total. The molecule has 0 radical (unpaired) electrons. The number of hydrogen-bond donors (Lipinski definition) is 1. The fraction of sp³-hybridized carbons (Fsp3) is 0.167. The lowest BCUT2D eigenvalue weighted by Crippen LogP contribution is -2.27. The van der Waals surface area contributed by atoms with Gasteiger partial charge in [0.1, 0.15) is 0 Å². The Kier molecular flexibility index (Phi) is 1.41. The third-order valence-corrected chi connectivity index (χ3v) is 1.56. The number of hydrogen-bond acceptors (Lipinski definition) is 4. The predicted molar refractivity (Wildman–Crippen MR) is 40.5 cm³/mol. The summed E-state index contributed by atoms with van der Waals surface area (Å²) < 4.78 is 1.29. The molecule has 1 aromatic rings. The fourth-order valence-corrected chi connectivity index (χ4v) is 1.03. The number of rotatable bonds is 1. The Labute approximate surface area is 67.7 Å². The second-order valence-corrected chi connectivity index (χ2v) is 2.26. The second-order valence-electron chi connectivity index (χ2n) is 2.26. The quantitative estimate of drug-likeness (QED) is 0.563. The zero-order chi connectivity index (χ0) is 8.55. The van der Waals surface area contributed by atoms with Crippen molar-refractivity contribution in [1.29, 1.82) is 0 Å². The number of fused-ring (bicyclic) bond motifs is 1. The number of aromatic nitrogens is 2. The summed E-state index contributed by atoms with van der Waals surface area (Å²) in [7, 11) is 0. The number of carbonyl (C=O) groups is 1. The van der Waals surface area contributed by atoms with Gasteiger partial charge in [-0.05, 0) is 0 Å². The van der Waals surface area contributed by atoms with E-state index in [1.54, 1.807) is 6.07 Å². The normalized spacial score (nSPS) is 20.8. The molecule has 0 aliphatic carbocycles. The van der Waals surface area contributed by atoms with E-state index in [0.29, 0.717) is 12.2 Å². The van der Waals surface area contributed by atoms with E-state index in [2.05, 4.69) is 10.2 Å². The van der Waals surface area contributed by atoms with E-state index in [-0.39, 0.29) is 0 Å². The lowest BCUT2D eigenvalue weighted by molar-refractivity contribution is -0.107. The summed E-state index contributed by atoms with van der Waals surface area (Å²) in [5, 5.41) is 17.9. The first kappa shape index (κ1) is 6.99. The summed E-state index contributed by atoms with van der Waals surface area (Å²) in [6, 6.07) is 1.59. The van der Waals surface area contributed by atoms with Crippen LogP contribution in [0.1, 0.15) is 6.23 Å². The van der Waals surface area contributed by atoms with Crippen LogP contribution in [0.4, 0.5) is 5.82 Å². The van der Waals surface area contributed by atoms with E-state index in [0.717, 1.165) is 5.01 Å². The van der Waals surface area contributed by atoms with Gasteiger partial charge in [0.15, 0.2) is 12.0 Å². The van der Waals surface area contributed by atoms with Crippen molar-refractivity contribution < 1.29 is 9.90 Å². The smallest absolute Gasteiger partial charge is 0.236 e. The lowest BCUT2D eigenvalue weighted by atomic mass is 10.5. The highest BCUT2D eigenvalue weighted by Gasteiger charge is 2.19. The van der Waals surface area contributed by atoms with Gasteiger partial charge in [-0.3, -0.25) is 4.79 Å². The Morgan fingerprint density at radius 3 is 3.25 bits per heavy atom. The van der Waals surface area contributed by atoms with E-state index in [1.165, 1.54) is 17.1 Å². The summed E-state index contributed by atoms with van der Waals surface area (Å²) in [4.78, 5) is 10.4. The molecule has 1 unspecified atom stereocenters. The monoisotopic (exact) mass is 166 g/mol. The van der Waals surface area contributed by atoms with Crippen molar-refractivity contribution in [3.8, 4) is 0 Å². The molecular formula is C6H6N4O2. The number of carbonyl (C=O) groups excluding carboxylic acids is 1. The molecule has 0 spiro atoms. The minimum Gasteiger partial charge on any atom is -0.367 e. The number of amides is 1. The summed E-state index contributed by atoms with van der Waals surface area (Å²) in [5.74, 6) is 0.458. The molecule has 1 aliphatic rings. The van der Waals surface area contributed by atoms with Crippen molar-refractivity contribution in [3.63, 3.8) is 0 Å². The molecule has 0 bridgehead atoms. The summed E-state index contributed by atoms with van der Waals surface area (Å²) in [5.41, 5.74) is 0. The maximum Gasteiger partial charge on any atom is 0.236 e. The van der Waals surface area contributed by atoms with E-state index < -0.39 is 6.23 Å². The molecule has 6 heteroatoms. The van der Waals surface area contributed by atoms with Crippen molar-refractivity contribution in [3.05, 3.63) is 12.3 Å². The van der Waals surface area contributed by atoms with Crippen molar-refractivity contribution in [2.75, 3.05) is 5.01 Å². The molecule has 0 fully saturated rings. The minimum absolute atomic E-state index is 0.458. The fourth-order valence-electron chi connectivity index (χ4n) is 1.03. The molecule has 12 heavy (non-hydrogen) atoms. The van der Waals surface area contributed by atoms with Crippen LogP contribution in [-0.2, 0) is 4.79 Å². The molecule has 1 atom stereocenters. The van der Waals surface area contributed by atoms with Crippen LogP contribution >= 0.6 is 0 Å². The maximum absolute atomic E-state index is 10.4. The zero-order valence-electron chi connectivity index (χ0n) is 6.03. The second kappa shape index (κ2) is 2.42. The van der Waals surface area contributed by atoms with Gasteiger partial charge in [-0.2, -0.15) is 15.2 Å². The van der Waals surface area contributed by atoms with Gasteiger partial charge in [0.25, 0.3) is 0 Å². The van der Waals surface area contributed by atoms with Gasteiger partial charge < -0.3 is 5.11 Å². The first-order chi connectivity index (χ1) is 5.83. The number of anilines is 1. The molecule has 2 heterocycles. The zero-order valence-corrected chi connectivity index (χ0v) is 6.03. The van der Waals surface area contributed by atoms with Gasteiger partial charge >= 0.3 is 0 Å². The van der Waals surface area contributed by atoms with Crippen LogP contribution in [0.15, 0.2) is 17.4 Å². The number of hydrazone groups is 1. The Bertz CT molecular complexity index is 332. The van der Waals surface area contributed by atoms with E-state index in [9.17, 15) is 9.90 Å². The molecule has 6 nitrogen and oxygen atoms in total. The van der Waals surface area contributed by atoms with Gasteiger partial charge in [-0.25, -0.2) is 4.68 Å². The van der Waals surface area contributed by atoms with Gasteiger partial charge in [0, 0.05) is 6.07 Å². The maximum atomic E-state index is 10.4. The molecule has 1 aromatic heterocycles. The van der Waals surface area contributed by atoms with Gasteiger partial charge in [0.05, 0.1) is 12.4 Å². The van der Waals surface area contributed by atoms with E-state index >= 15 is 0 Å². The first-order valence-electron chi connectivity index (χ1n) is 3.33. The minimum atomic E-state index is -0.883. The molecule has 1 aliphatic heterocycles. The van der Waals surface area contributed by atoms with Crippen molar-refractivity contribution >= 4 is 18.4 Å². The van der Waals surface area contributed by atoms with Crippen molar-refractivity contribution in [1.82, 2.24) is 9.78 Å². The van der Waals surface area contributed by atoms with Crippen LogP contribution in [0.5, 0.6) is 0 Å². The summed E-state index contributed by atoms with van der Waals surface area (Å²) in [6.45, 7) is 0. The van der Waals surface area contributed by atoms with E-state index in [4.69, 9.17) is 0 Å². The number of nitrogens with zero attached hydrogens (tertiary/aromatic N) is 4. The first-order valence-corrected chi connectivity index (χ1v) is 3.33. The summed E-state index contributed by atoms with van der Waals surface area (Å²) >= 11 is 0. The topological polar surface area (TPSA) is 70.7 Å². The van der Waals surface area contributed by atoms with Crippen LogP contribution in [-0.4, -0.2) is 27.5 Å². The predicted octanol–water partition coefficient (Wildman–Crippen LogP) is -0.664. The van der Waals surface area contributed by atoms with Gasteiger partial charge in [0.2, 0.25) is 6.41 Å². The number of aliphatic hydroxyl groups is 1. The average molecular weight is 166 g/mol. The molecular weight excluding hydrogens is 160 g/mol. The third-order valence-electron chi connectivity index (χ3n) is 1.56. The highest BCUT2D eigenvalue weighted by atomic mass is 16.3. The third kappa shape index (κ3) is 0.817. The lowest BCUT2D eigenvalue weighted by Gasteiger charge is -2.19. The molecule has 1 amide bonds. The average Bonchev–Trinajstić information content (AvgIpc) is 2.54. The standard InChI is InChI=1S/C6H6N4O2/c11-4-9-5-1-2-7-10(5)6(12)3-8-9/h1-4,6,12H. The Morgan fingerprint density at radius 2 is 2.50 bits per heavy atom. The van der Waals surface area contributed by atoms with E-state index in [1.807, 2.05) is 0 Å². The van der Waals surface area contributed by atoms with Crippen LogP contribution in [0.2, 0.25) is 0 Å². The van der Waals surface area contributed by atoms with Gasteiger partial charge in [-0.15, -0.1) is 0 Å². The van der Waals surface area contributed by atoms with Crippen LogP contribution in [0, 0.1) is 0 Å². The highest BCUT2D eigenvalue weighted by molar-refractivity contribution is 5.78. The Balaban J connectivity index is 2.49. The molecule has 0 saturated carbocycles. The Hall–Kier alpha value is -1.69. The van der Waals surface area contributed by atoms with Crippen molar-refractivity contribution in [2.45, 2.75) is 6.23 Å². The molecule has 0 aromatic carbocycles. The van der Waals surface area contributed by atoms with Crippen LogP contribution in [0.25, 0.3) is 0 Å². The van der Waals surface area contributed by atoms with Crippen LogP contribution in [0.3, 0.4) is 0 Å². The Morgan fingerprint density at radius 1 is 1.67 bits per heavy atom. The highest BCUT2D eigenvalue weighted by Crippen LogP contribution is 2.19. The van der Waals surface area contributed by atoms with Crippen LogP contribution < -0.4 is 5.01 Å². The molecule has 0 saturated heterocycles. The molecule has 2 rings (SSSR count).